The summed E-state index contributed by atoms with van der Waals surface area (Å²) < 4.78 is 5.36. The van der Waals surface area contributed by atoms with Crippen molar-refractivity contribution in [1.29, 1.82) is 0 Å². The number of nitrogens with one attached hydrogen (secondary N) is 1. The van der Waals surface area contributed by atoms with E-state index in [1.54, 1.807) is 18.4 Å². The normalized spacial score (nSPS) is 18.9. The predicted molar refractivity (Wildman–Crippen MR) is 135 cm³/mol. The number of methoxy groups -OCH3 is 1. The minimum atomic E-state index is 0. The van der Waals surface area contributed by atoms with E-state index in [4.69, 9.17) is 14.7 Å². The molecule has 0 aliphatic carbocycles. The Morgan fingerprint density at radius 3 is 2.93 bits per heavy atom. The van der Waals surface area contributed by atoms with Gasteiger partial charge in [0.2, 0.25) is 0 Å². The third kappa shape index (κ3) is 9.06. The first-order valence-corrected chi connectivity index (χ1v) is 11.6. The lowest BCUT2D eigenvalue weighted by Crippen LogP contribution is -2.39. The van der Waals surface area contributed by atoms with E-state index in [-0.39, 0.29) is 30.1 Å². The Morgan fingerprint density at radius 1 is 1.45 bits per heavy atom. The van der Waals surface area contributed by atoms with Gasteiger partial charge in [0.15, 0.2) is 5.96 Å². The molecule has 0 saturated carbocycles. The summed E-state index contributed by atoms with van der Waals surface area (Å²) >= 11 is 1.66. The van der Waals surface area contributed by atoms with Crippen LogP contribution in [0.15, 0.2) is 10.4 Å². The molecule has 1 saturated heterocycles. The molecule has 2 atom stereocenters. The number of aromatic nitrogens is 1. The van der Waals surface area contributed by atoms with Crippen molar-refractivity contribution in [3.63, 3.8) is 0 Å². The van der Waals surface area contributed by atoms with Gasteiger partial charge in [-0.05, 0) is 59.5 Å². The molecule has 1 aliphatic heterocycles. The first-order valence-electron chi connectivity index (χ1n) is 10.8. The molecule has 1 fully saturated rings. The summed E-state index contributed by atoms with van der Waals surface area (Å²) in [7, 11) is 3.80. The summed E-state index contributed by atoms with van der Waals surface area (Å²) in [6.07, 6.45) is 6.52. The van der Waals surface area contributed by atoms with E-state index in [1.807, 2.05) is 6.92 Å². The number of guanidine groups is 1. The highest BCUT2D eigenvalue weighted by molar-refractivity contribution is 14.0. The van der Waals surface area contributed by atoms with Gasteiger partial charge >= 0.3 is 0 Å². The van der Waals surface area contributed by atoms with Crippen molar-refractivity contribution in [1.82, 2.24) is 20.1 Å². The van der Waals surface area contributed by atoms with Gasteiger partial charge in [-0.25, -0.2) is 4.98 Å². The van der Waals surface area contributed by atoms with Crippen LogP contribution in [0, 0.1) is 0 Å². The number of aliphatic imine (C=N–C) groups is 1. The number of unbranched alkanes of at least 4 members (excludes halogenated alkanes) is 1. The average Bonchev–Trinajstić information content (AvgIpc) is 3.16. The summed E-state index contributed by atoms with van der Waals surface area (Å²) in [4.78, 5) is 14.3. The minimum absolute atomic E-state index is 0. The second-order valence-electron chi connectivity index (χ2n) is 7.73. The summed E-state index contributed by atoms with van der Waals surface area (Å²) in [5, 5.41) is 6.55. The number of thiazole rings is 1. The molecule has 2 unspecified atom stereocenters. The van der Waals surface area contributed by atoms with E-state index in [0.717, 1.165) is 48.8 Å². The predicted octanol–water partition coefficient (Wildman–Crippen LogP) is 4.52. The molecular formula is C21H40IN5OS. The molecule has 0 bridgehead atoms. The number of nitrogens with zero attached hydrogens (tertiary/aromatic N) is 4. The van der Waals surface area contributed by atoms with Crippen molar-refractivity contribution < 1.29 is 4.74 Å². The number of likely N-dealkylation sites (tertiary alicyclic amines) is 1. The van der Waals surface area contributed by atoms with E-state index in [2.05, 4.69) is 41.4 Å². The van der Waals surface area contributed by atoms with Crippen LogP contribution in [0.4, 0.5) is 0 Å². The summed E-state index contributed by atoms with van der Waals surface area (Å²) in [5.41, 5.74) is 1.07. The smallest absolute Gasteiger partial charge is 0.194 e. The van der Waals surface area contributed by atoms with Crippen molar-refractivity contribution in [3.8, 4) is 0 Å². The molecule has 2 rings (SSSR count). The fraction of sp³-hybridized carbons (Fsp3) is 0.810. The lowest BCUT2D eigenvalue weighted by molar-refractivity contribution is 0.119. The number of ether oxygens (including phenoxy) is 1. The van der Waals surface area contributed by atoms with Crippen LogP contribution in [-0.2, 0) is 11.3 Å². The van der Waals surface area contributed by atoms with Gasteiger partial charge in [0.05, 0.1) is 12.2 Å². The largest absolute Gasteiger partial charge is 0.375 e. The summed E-state index contributed by atoms with van der Waals surface area (Å²) in [6, 6.07) is 0.754. The first kappa shape index (κ1) is 26.6. The van der Waals surface area contributed by atoms with Gasteiger partial charge in [0.1, 0.15) is 11.1 Å². The van der Waals surface area contributed by atoms with Crippen molar-refractivity contribution in [2.45, 2.75) is 71.6 Å². The molecule has 2 heterocycles. The van der Waals surface area contributed by atoms with E-state index in [1.165, 1.54) is 38.8 Å². The Labute approximate surface area is 198 Å². The second-order valence-corrected chi connectivity index (χ2v) is 8.62. The van der Waals surface area contributed by atoms with Gasteiger partial charge < -0.3 is 19.9 Å². The zero-order valence-corrected chi connectivity index (χ0v) is 22.0. The van der Waals surface area contributed by atoms with Crippen LogP contribution in [0.1, 0.15) is 69.7 Å². The van der Waals surface area contributed by atoms with Crippen LogP contribution in [0.5, 0.6) is 0 Å². The number of halogens is 1. The van der Waals surface area contributed by atoms with Crippen molar-refractivity contribution in [2.24, 2.45) is 4.99 Å². The third-order valence-corrected chi connectivity index (χ3v) is 6.48. The molecule has 8 heteroatoms. The Kier molecular flexibility index (Phi) is 13.3. The molecule has 6 nitrogen and oxygen atoms in total. The van der Waals surface area contributed by atoms with Crippen LogP contribution in [0.25, 0.3) is 0 Å². The highest BCUT2D eigenvalue weighted by Crippen LogP contribution is 2.21. The van der Waals surface area contributed by atoms with E-state index in [0.29, 0.717) is 0 Å². The Bertz CT molecular complexity index is 597. The number of hydrogen-bond acceptors (Lipinski definition) is 5. The van der Waals surface area contributed by atoms with Crippen LogP contribution in [0.3, 0.4) is 0 Å². The van der Waals surface area contributed by atoms with Crippen molar-refractivity contribution in [3.05, 3.63) is 16.1 Å². The zero-order chi connectivity index (χ0) is 20.4. The third-order valence-electron chi connectivity index (χ3n) is 5.42. The molecule has 0 aromatic carbocycles. The fourth-order valence-electron chi connectivity index (χ4n) is 3.57. The van der Waals surface area contributed by atoms with Crippen LogP contribution < -0.4 is 5.32 Å². The van der Waals surface area contributed by atoms with Gasteiger partial charge in [-0.3, -0.25) is 4.99 Å². The maximum Gasteiger partial charge on any atom is 0.194 e. The quantitative estimate of drug-likeness (QED) is 0.206. The Morgan fingerprint density at radius 2 is 2.24 bits per heavy atom. The van der Waals surface area contributed by atoms with Gasteiger partial charge in [0.25, 0.3) is 0 Å². The lowest BCUT2D eigenvalue weighted by atomic mass is 10.0. The second kappa shape index (κ2) is 14.5. The van der Waals surface area contributed by atoms with E-state index < -0.39 is 0 Å². The van der Waals surface area contributed by atoms with Gasteiger partial charge in [-0.2, -0.15) is 0 Å². The molecule has 1 aromatic heterocycles. The van der Waals surface area contributed by atoms with E-state index in [9.17, 15) is 0 Å². The average molecular weight is 538 g/mol. The highest BCUT2D eigenvalue weighted by Gasteiger charge is 2.17. The topological polar surface area (TPSA) is 53.0 Å². The molecule has 29 heavy (non-hydrogen) atoms. The Balaban J connectivity index is 0.00000420. The van der Waals surface area contributed by atoms with Crippen LogP contribution >= 0.6 is 35.3 Å². The SMILES string of the molecule is CCNC(=NCCCCN1CCCCC1C)N(C)Cc1csc(C(C)OC)n1.I. The zero-order valence-electron chi connectivity index (χ0n) is 18.8. The van der Waals surface area contributed by atoms with Crippen LogP contribution in [-0.4, -0.2) is 67.1 Å². The molecular weight excluding hydrogens is 497 g/mol. The molecule has 0 amide bonds. The number of hydrogen-bond donors (Lipinski definition) is 1. The molecule has 0 spiro atoms. The maximum atomic E-state index is 5.36. The number of rotatable bonds is 10. The number of piperidine rings is 1. The van der Waals surface area contributed by atoms with Gasteiger partial charge in [0, 0.05) is 38.7 Å². The first-order chi connectivity index (χ1) is 13.5. The van der Waals surface area contributed by atoms with Crippen LogP contribution in [0.2, 0.25) is 0 Å². The van der Waals surface area contributed by atoms with Crippen molar-refractivity contribution >= 4 is 41.3 Å². The molecule has 1 aliphatic rings. The lowest BCUT2D eigenvalue weighted by Gasteiger charge is -2.33. The highest BCUT2D eigenvalue weighted by atomic mass is 127. The van der Waals surface area contributed by atoms with Gasteiger partial charge in [-0.15, -0.1) is 35.3 Å². The Hall–Kier alpha value is -0.450. The molecule has 0 radical (unpaired) electrons. The maximum absolute atomic E-state index is 5.36. The molecule has 1 aromatic rings. The fourth-order valence-corrected chi connectivity index (χ4v) is 4.41. The molecule has 1 N–H and O–H groups in total. The summed E-state index contributed by atoms with van der Waals surface area (Å²) in [5.74, 6) is 0.961. The van der Waals surface area contributed by atoms with Gasteiger partial charge in [-0.1, -0.05) is 6.42 Å². The molecule has 168 valence electrons. The van der Waals surface area contributed by atoms with Crippen molar-refractivity contribution in [2.75, 3.05) is 40.3 Å². The van der Waals surface area contributed by atoms with E-state index >= 15 is 0 Å². The summed E-state index contributed by atoms with van der Waals surface area (Å²) in [6.45, 7) is 11.5. The standard InChI is InChI=1S/C21H39N5OS.HI/c1-6-22-21(23-12-8-10-14-26-13-9-7-11-17(26)2)25(4)15-19-16-28-20(24-19)18(3)27-5;/h16-18H,6-15H2,1-5H3,(H,22,23);1H. The monoisotopic (exact) mass is 537 g/mol. The minimum Gasteiger partial charge on any atom is -0.375 e.